The maximum Gasteiger partial charge on any atom is 0.183 e. The number of hydrogen-bond donors (Lipinski definition) is 1. The fourth-order valence-electron chi connectivity index (χ4n) is 1.11. The minimum absolute atomic E-state index is 0.00182. The molecule has 0 fully saturated rings. The number of nitrogens with one attached hydrogen (secondary N) is 1. The van der Waals surface area contributed by atoms with Crippen LogP contribution in [0.5, 0.6) is 0 Å². The summed E-state index contributed by atoms with van der Waals surface area (Å²) in [5.41, 5.74) is 1.31. The molecule has 0 aliphatic carbocycles. The topological polar surface area (TPSA) is 48.2 Å². The molecule has 0 unspecified atom stereocenters. The van der Waals surface area contributed by atoms with E-state index in [2.05, 4.69) is 10.3 Å². The van der Waals surface area contributed by atoms with Crippen LogP contribution >= 0.6 is 46.6 Å². The van der Waals surface area contributed by atoms with Gasteiger partial charge in [-0.2, -0.15) is 5.26 Å². The lowest BCUT2D eigenvalue weighted by Gasteiger charge is -2.03. The Hall–Kier alpha value is -0.860. The average Bonchev–Trinajstić information content (AvgIpc) is 2.37. The minimum atomic E-state index is -0.00182. The van der Waals surface area contributed by atoms with Crippen LogP contribution in [0.3, 0.4) is 0 Å². The molecule has 1 aromatic carbocycles. The van der Waals surface area contributed by atoms with E-state index in [-0.39, 0.29) is 9.52 Å². The molecule has 0 heterocycles. The van der Waals surface area contributed by atoms with E-state index in [1.54, 1.807) is 24.3 Å². The molecule has 0 bridgehead atoms. The van der Waals surface area contributed by atoms with Crippen molar-refractivity contribution in [1.29, 1.82) is 5.26 Å². The Kier molecular flexibility index (Phi) is 6.37. The molecule has 3 nitrogen and oxygen atoms in total. The third-order valence-corrected chi connectivity index (χ3v) is 3.41. The minimum Gasteiger partial charge on any atom is -0.271 e. The summed E-state index contributed by atoms with van der Waals surface area (Å²) in [4.78, 5) is 4.25. The van der Waals surface area contributed by atoms with Gasteiger partial charge >= 0.3 is 0 Å². The highest BCUT2D eigenvalue weighted by Gasteiger charge is 2.04. The molecule has 0 aromatic heterocycles. The van der Waals surface area contributed by atoms with E-state index in [0.717, 1.165) is 0 Å². The highest BCUT2D eigenvalue weighted by molar-refractivity contribution is 8.13. The second-order valence-corrected chi connectivity index (χ2v) is 5.10. The van der Waals surface area contributed by atoms with Crippen molar-refractivity contribution in [3.05, 3.63) is 34.3 Å². The maximum atomic E-state index is 8.54. The predicted octanol–water partition coefficient (Wildman–Crippen LogP) is 4.45. The Morgan fingerprint density at radius 2 is 2.11 bits per heavy atom. The summed E-state index contributed by atoms with van der Waals surface area (Å²) in [6.45, 7) is 0. The number of nitriles is 1. The van der Waals surface area contributed by atoms with Gasteiger partial charge in [-0.15, -0.1) is 0 Å². The standard InChI is InChI=1S/C11H8Cl3N3S/c1-18-11(16-6-15)17-8-4-2-3-7(5-8)9(12)10(13)14/h2-5H,1H3,(H,16,17). The number of amidine groups is 1. The van der Waals surface area contributed by atoms with Gasteiger partial charge in [0.15, 0.2) is 11.4 Å². The first-order chi connectivity index (χ1) is 8.58. The molecule has 0 atom stereocenters. The lowest BCUT2D eigenvalue weighted by atomic mass is 10.2. The number of aliphatic imine (C=N–C) groups is 1. The van der Waals surface area contributed by atoms with Crippen LogP contribution in [0, 0.1) is 11.5 Å². The van der Waals surface area contributed by atoms with Gasteiger partial charge in [0.2, 0.25) is 0 Å². The molecule has 1 N–H and O–H groups in total. The molecule has 0 amide bonds. The van der Waals surface area contributed by atoms with Gasteiger partial charge in [0.05, 0.1) is 10.7 Å². The zero-order chi connectivity index (χ0) is 13.5. The fraction of sp³-hybridized carbons (Fsp3) is 0.0909. The third kappa shape index (κ3) is 4.43. The summed E-state index contributed by atoms with van der Waals surface area (Å²) in [5, 5.41) is 11.8. The molecule has 7 heteroatoms. The van der Waals surface area contributed by atoms with Crippen LogP contribution in [-0.4, -0.2) is 11.4 Å². The van der Waals surface area contributed by atoms with Crippen LogP contribution in [-0.2, 0) is 0 Å². The van der Waals surface area contributed by atoms with Crippen molar-refractivity contribution in [1.82, 2.24) is 5.32 Å². The van der Waals surface area contributed by atoms with Crippen molar-refractivity contribution >= 4 is 62.5 Å². The fourth-order valence-corrected chi connectivity index (χ4v) is 1.79. The zero-order valence-electron chi connectivity index (χ0n) is 9.25. The van der Waals surface area contributed by atoms with Crippen LogP contribution in [0.2, 0.25) is 0 Å². The van der Waals surface area contributed by atoms with Gasteiger partial charge in [-0.1, -0.05) is 58.7 Å². The van der Waals surface area contributed by atoms with Crippen LogP contribution in [0.1, 0.15) is 5.56 Å². The van der Waals surface area contributed by atoms with Gasteiger partial charge in [0, 0.05) is 0 Å². The first kappa shape index (κ1) is 15.2. The Morgan fingerprint density at radius 1 is 1.39 bits per heavy atom. The van der Waals surface area contributed by atoms with Crippen molar-refractivity contribution in [3.8, 4) is 6.19 Å². The summed E-state index contributed by atoms with van der Waals surface area (Å²) < 4.78 is -0.00182. The normalized spacial score (nSPS) is 10.7. The van der Waals surface area contributed by atoms with Crippen molar-refractivity contribution in [2.24, 2.45) is 4.99 Å². The average molecular weight is 321 g/mol. The second-order valence-electron chi connectivity index (χ2n) is 2.98. The number of halogens is 3. The smallest absolute Gasteiger partial charge is 0.183 e. The van der Waals surface area contributed by atoms with Gasteiger partial charge in [-0.25, -0.2) is 4.99 Å². The molecule has 0 spiro atoms. The monoisotopic (exact) mass is 319 g/mol. The SMILES string of the molecule is CSC(=Nc1cccc(C(Cl)=C(Cl)Cl)c1)NC#N. The zero-order valence-corrected chi connectivity index (χ0v) is 12.3. The molecular weight excluding hydrogens is 313 g/mol. The molecule has 0 saturated carbocycles. The first-order valence-electron chi connectivity index (χ1n) is 4.67. The summed E-state index contributed by atoms with van der Waals surface area (Å²) in [7, 11) is 0. The summed E-state index contributed by atoms with van der Waals surface area (Å²) >= 11 is 18.5. The van der Waals surface area contributed by atoms with Crippen LogP contribution in [0.25, 0.3) is 5.03 Å². The number of rotatable bonds is 2. The third-order valence-electron chi connectivity index (χ3n) is 1.85. The molecular formula is C11H8Cl3N3S. The van der Waals surface area contributed by atoms with Gasteiger partial charge in [0.25, 0.3) is 0 Å². The van der Waals surface area contributed by atoms with Crippen molar-refractivity contribution in [3.63, 3.8) is 0 Å². The molecule has 0 saturated heterocycles. The Labute approximate surface area is 124 Å². The highest BCUT2D eigenvalue weighted by Crippen LogP contribution is 2.30. The Bertz CT molecular complexity index is 531. The molecule has 1 rings (SSSR count). The summed E-state index contributed by atoms with van der Waals surface area (Å²) in [5.74, 6) is 0. The predicted molar refractivity (Wildman–Crippen MR) is 80.3 cm³/mol. The lowest BCUT2D eigenvalue weighted by Crippen LogP contribution is -2.12. The summed E-state index contributed by atoms with van der Waals surface area (Å²) in [6.07, 6.45) is 3.63. The van der Waals surface area contributed by atoms with Crippen molar-refractivity contribution < 1.29 is 0 Å². The number of benzene rings is 1. The quantitative estimate of drug-likeness (QED) is 0.379. The van der Waals surface area contributed by atoms with E-state index >= 15 is 0 Å². The number of nitrogens with zero attached hydrogens (tertiary/aromatic N) is 2. The molecule has 18 heavy (non-hydrogen) atoms. The molecule has 1 aromatic rings. The van der Waals surface area contributed by atoms with E-state index in [9.17, 15) is 0 Å². The molecule has 94 valence electrons. The molecule has 0 aliphatic rings. The van der Waals surface area contributed by atoms with E-state index in [0.29, 0.717) is 16.4 Å². The van der Waals surface area contributed by atoms with E-state index in [4.69, 9.17) is 40.1 Å². The lowest BCUT2D eigenvalue weighted by molar-refractivity contribution is 1.28. The number of thioether (sulfide) groups is 1. The van der Waals surface area contributed by atoms with Crippen LogP contribution in [0.4, 0.5) is 5.69 Å². The molecule has 0 aliphatic heterocycles. The maximum absolute atomic E-state index is 8.54. The van der Waals surface area contributed by atoms with Crippen molar-refractivity contribution in [2.75, 3.05) is 6.26 Å². The molecule has 0 radical (unpaired) electrons. The van der Waals surface area contributed by atoms with E-state index in [1.165, 1.54) is 11.8 Å². The van der Waals surface area contributed by atoms with E-state index in [1.807, 2.05) is 12.4 Å². The van der Waals surface area contributed by atoms with Gasteiger partial charge < -0.3 is 0 Å². The first-order valence-corrected chi connectivity index (χ1v) is 7.03. The summed E-state index contributed by atoms with van der Waals surface area (Å²) in [6, 6.07) is 7.05. The van der Waals surface area contributed by atoms with Gasteiger partial charge in [0.1, 0.15) is 4.49 Å². The number of hydrogen-bond acceptors (Lipinski definition) is 3. The Balaban J connectivity index is 3.10. The van der Waals surface area contributed by atoms with Gasteiger partial charge in [-0.3, -0.25) is 5.32 Å². The largest absolute Gasteiger partial charge is 0.271 e. The Morgan fingerprint density at radius 3 is 2.67 bits per heavy atom. The van der Waals surface area contributed by atoms with Crippen molar-refractivity contribution in [2.45, 2.75) is 0 Å². The van der Waals surface area contributed by atoms with Gasteiger partial charge in [-0.05, 0) is 24.0 Å². The van der Waals surface area contributed by atoms with Crippen LogP contribution < -0.4 is 5.32 Å². The highest BCUT2D eigenvalue weighted by atomic mass is 35.5. The van der Waals surface area contributed by atoms with E-state index < -0.39 is 0 Å². The van der Waals surface area contributed by atoms with Crippen LogP contribution in [0.15, 0.2) is 33.7 Å². The second kappa shape index (κ2) is 7.55.